The minimum atomic E-state index is -3.94. The number of rotatable bonds is 6. The summed E-state index contributed by atoms with van der Waals surface area (Å²) in [4.78, 5) is 16.3. The standard InChI is InChI=1S/C21H20N2O5S2/c1-12(2)19(21(24)27-3)23-30(25,26)14-5-7-17-16(11-14)15-6-4-13(10-18(15)28-17)20-22-8-9-29-20/h4-12,19,23H,1-3H3/t19-/m1/s1. The molecular weight excluding hydrogens is 424 g/mol. The maximum Gasteiger partial charge on any atom is 0.324 e. The molecule has 0 unspecified atom stereocenters. The number of fused-ring (bicyclic) bond motifs is 3. The van der Waals surface area contributed by atoms with Crippen LogP contribution in [0.2, 0.25) is 0 Å². The molecule has 0 aliphatic rings. The molecule has 2 aromatic heterocycles. The largest absolute Gasteiger partial charge is 0.468 e. The van der Waals surface area contributed by atoms with Gasteiger partial charge in [-0.15, -0.1) is 11.3 Å². The lowest BCUT2D eigenvalue weighted by Gasteiger charge is -2.19. The second-order valence-corrected chi connectivity index (χ2v) is 9.78. The number of carbonyl (C=O) groups is 1. The fraction of sp³-hybridized carbons (Fsp3) is 0.238. The number of benzene rings is 2. The molecule has 0 spiro atoms. The average Bonchev–Trinajstić information content (AvgIpc) is 3.38. The summed E-state index contributed by atoms with van der Waals surface area (Å²) in [6, 6.07) is 9.39. The van der Waals surface area contributed by atoms with Gasteiger partial charge in [-0.2, -0.15) is 4.72 Å². The molecule has 0 radical (unpaired) electrons. The van der Waals surface area contributed by atoms with Crippen LogP contribution < -0.4 is 4.72 Å². The molecule has 0 fully saturated rings. The van der Waals surface area contributed by atoms with Crippen LogP contribution in [0, 0.1) is 5.92 Å². The van der Waals surface area contributed by atoms with Crippen LogP contribution >= 0.6 is 11.3 Å². The maximum atomic E-state index is 12.9. The molecule has 1 N–H and O–H groups in total. The van der Waals surface area contributed by atoms with Gasteiger partial charge in [0.05, 0.1) is 12.0 Å². The minimum absolute atomic E-state index is 0.0521. The number of hydrogen-bond donors (Lipinski definition) is 1. The molecule has 2 heterocycles. The third kappa shape index (κ3) is 3.71. The van der Waals surface area contributed by atoms with Gasteiger partial charge in [0, 0.05) is 27.9 Å². The number of nitrogens with one attached hydrogen (secondary N) is 1. The highest BCUT2D eigenvalue weighted by molar-refractivity contribution is 7.89. The van der Waals surface area contributed by atoms with Gasteiger partial charge in [-0.05, 0) is 36.2 Å². The number of sulfonamides is 1. The Morgan fingerprint density at radius 1 is 1.13 bits per heavy atom. The van der Waals surface area contributed by atoms with Crippen molar-refractivity contribution >= 4 is 49.3 Å². The lowest BCUT2D eigenvalue weighted by Crippen LogP contribution is -2.44. The quantitative estimate of drug-likeness (QED) is 0.448. The van der Waals surface area contributed by atoms with Crippen molar-refractivity contribution in [1.29, 1.82) is 0 Å². The van der Waals surface area contributed by atoms with Crippen LogP contribution in [0.3, 0.4) is 0 Å². The lowest BCUT2D eigenvalue weighted by molar-refractivity contribution is -0.143. The van der Waals surface area contributed by atoms with Crippen LogP contribution in [-0.2, 0) is 19.6 Å². The molecule has 1 atom stereocenters. The summed E-state index contributed by atoms with van der Waals surface area (Å²) in [5.74, 6) is -0.895. The Morgan fingerprint density at radius 2 is 1.93 bits per heavy atom. The van der Waals surface area contributed by atoms with Gasteiger partial charge in [-0.3, -0.25) is 4.79 Å². The minimum Gasteiger partial charge on any atom is -0.468 e. The van der Waals surface area contributed by atoms with Gasteiger partial charge in [0.15, 0.2) is 0 Å². The van der Waals surface area contributed by atoms with E-state index in [2.05, 4.69) is 9.71 Å². The molecule has 0 saturated heterocycles. The van der Waals surface area contributed by atoms with E-state index in [0.29, 0.717) is 16.6 Å². The number of esters is 1. The van der Waals surface area contributed by atoms with E-state index in [1.165, 1.54) is 24.5 Å². The SMILES string of the molecule is COC(=O)[C@H](NS(=O)(=O)c1ccc2oc3cc(-c4nccs4)ccc3c2c1)C(C)C. The summed E-state index contributed by atoms with van der Waals surface area (Å²) < 4.78 is 38.9. The summed E-state index contributed by atoms with van der Waals surface area (Å²) in [6.45, 7) is 3.49. The van der Waals surface area contributed by atoms with Gasteiger partial charge in [-0.1, -0.05) is 19.9 Å². The molecule has 9 heteroatoms. The van der Waals surface area contributed by atoms with E-state index in [0.717, 1.165) is 16.0 Å². The summed E-state index contributed by atoms with van der Waals surface area (Å²) in [5, 5.41) is 4.27. The van der Waals surface area contributed by atoms with Crippen molar-refractivity contribution in [2.75, 3.05) is 7.11 Å². The number of thiazole rings is 1. The average molecular weight is 445 g/mol. The number of nitrogens with zero attached hydrogens (tertiary/aromatic N) is 1. The van der Waals surface area contributed by atoms with Crippen molar-refractivity contribution in [3.63, 3.8) is 0 Å². The molecule has 0 saturated carbocycles. The Kier molecular flexibility index (Phi) is 5.35. The number of methoxy groups -OCH3 is 1. The molecule has 0 bridgehead atoms. The second kappa shape index (κ2) is 7.82. The number of hydrogen-bond acceptors (Lipinski definition) is 7. The zero-order valence-electron chi connectivity index (χ0n) is 16.6. The van der Waals surface area contributed by atoms with E-state index >= 15 is 0 Å². The Bertz CT molecular complexity index is 1320. The number of aromatic nitrogens is 1. The highest BCUT2D eigenvalue weighted by Crippen LogP contribution is 2.34. The van der Waals surface area contributed by atoms with Gasteiger partial charge >= 0.3 is 5.97 Å². The summed E-state index contributed by atoms with van der Waals surface area (Å²) in [5.41, 5.74) is 2.16. The molecule has 4 rings (SSSR count). The van der Waals surface area contributed by atoms with Crippen LogP contribution in [0.25, 0.3) is 32.5 Å². The Morgan fingerprint density at radius 3 is 2.60 bits per heavy atom. The smallest absolute Gasteiger partial charge is 0.324 e. The highest BCUT2D eigenvalue weighted by Gasteiger charge is 2.29. The van der Waals surface area contributed by atoms with Crippen molar-refractivity contribution in [3.05, 3.63) is 48.0 Å². The first-order valence-corrected chi connectivity index (χ1v) is 11.6. The Balaban J connectivity index is 1.75. The summed E-state index contributed by atoms with van der Waals surface area (Å²) in [6.07, 6.45) is 1.74. The van der Waals surface area contributed by atoms with Gasteiger partial charge in [0.25, 0.3) is 0 Å². The maximum absolute atomic E-state index is 12.9. The molecule has 7 nitrogen and oxygen atoms in total. The van der Waals surface area contributed by atoms with Crippen LogP contribution in [-0.4, -0.2) is 32.5 Å². The van der Waals surface area contributed by atoms with E-state index in [1.807, 2.05) is 23.6 Å². The normalized spacial score (nSPS) is 13.2. The first-order chi connectivity index (χ1) is 14.3. The molecule has 0 aliphatic heterocycles. The summed E-state index contributed by atoms with van der Waals surface area (Å²) >= 11 is 1.53. The van der Waals surface area contributed by atoms with E-state index in [4.69, 9.17) is 9.15 Å². The molecule has 30 heavy (non-hydrogen) atoms. The van der Waals surface area contributed by atoms with Gasteiger partial charge in [-0.25, -0.2) is 13.4 Å². The van der Waals surface area contributed by atoms with Crippen LogP contribution in [0.5, 0.6) is 0 Å². The van der Waals surface area contributed by atoms with Crippen molar-refractivity contribution in [3.8, 4) is 10.6 Å². The monoisotopic (exact) mass is 444 g/mol. The predicted octanol–water partition coefficient (Wildman–Crippen LogP) is 4.19. The Hall–Kier alpha value is -2.75. The number of ether oxygens (including phenoxy) is 1. The predicted molar refractivity (Wildman–Crippen MR) is 116 cm³/mol. The second-order valence-electron chi connectivity index (χ2n) is 7.17. The highest BCUT2D eigenvalue weighted by atomic mass is 32.2. The first kappa shape index (κ1) is 20.5. The lowest BCUT2D eigenvalue weighted by atomic mass is 10.1. The molecule has 0 aliphatic carbocycles. The van der Waals surface area contributed by atoms with Crippen LogP contribution in [0.4, 0.5) is 0 Å². The Labute approximate surface area is 177 Å². The van der Waals surface area contributed by atoms with Crippen molar-refractivity contribution in [2.24, 2.45) is 5.92 Å². The van der Waals surface area contributed by atoms with Crippen molar-refractivity contribution in [2.45, 2.75) is 24.8 Å². The van der Waals surface area contributed by atoms with Gasteiger partial charge in [0.2, 0.25) is 10.0 Å². The van der Waals surface area contributed by atoms with E-state index < -0.39 is 22.0 Å². The topological polar surface area (TPSA) is 98.5 Å². The third-order valence-electron chi connectivity index (χ3n) is 4.84. The van der Waals surface area contributed by atoms with Crippen LogP contribution in [0.1, 0.15) is 13.8 Å². The fourth-order valence-electron chi connectivity index (χ4n) is 3.24. The van der Waals surface area contributed by atoms with E-state index in [-0.39, 0.29) is 10.8 Å². The molecule has 156 valence electrons. The van der Waals surface area contributed by atoms with Gasteiger partial charge < -0.3 is 9.15 Å². The van der Waals surface area contributed by atoms with Crippen molar-refractivity contribution < 1.29 is 22.4 Å². The number of furan rings is 1. The molecule has 4 aromatic rings. The molecule has 2 aromatic carbocycles. The van der Waals surface area contributed by atoms with E-state index in [9.17, 15) is 13.2 Å². The zero-order chi connectivity index (χ0) is 21.5. The first-order valence-electron chi connectivity index (χ1n) is 9.26. The molecule has 0 amide bonds. The van der Waals surface area contributed by atoms with Crippen LogP contribution in [0.15, 0.2) is 57.3 Å². The summed E-state index contributed by atoms with van der Waals surface area (Å²) in [7, 11) is -2.71. The number of carbonyl (C=O) groups excluding carboxylic acids is 1. The fourth-order valence-corrected chi connectivity index (χ4v) is 5.24. The third-order valence-corrected chi connectivity index (χ3v) is 7.10. The molecular formula is C21H20N2O5S2. The zero-order valence-corrected chi connectivity index (χ0v) is 18.2. The van der Waals surface area contributed by atoms with Crippen molar-refractivity contribution in [1.82, 2.24) is 9.71 Å². The van der Waals surface area contributed by atoms with Gasteiger partial charge in [0.1, 0.15) is 22.2 Å². The van der Waals surface area contributed by atoms with E-state index in [1.54, 1.807) is 32.2 Å².